The molecule has 0 spiro atoms. The molecule has 0 aliphatic carbocycles. The summed E-state index contributed by atoms with van der Waals surface area (Å²) in [6, 6.07) is 16.9. The van der Waals surface area contributed by atoms with E-state index in [9.17, 15) is 9.90 Å². The highest BCUT2D eigenvalue weighted by Gasteiger charge is 2.20. The molecule has 4 rings (SSSR count). The van der Waals surface area contributed by atoms with Crippen molar-refractivity contribution in [1.82, 2.24) is 9.88 Å². The van der Waals surface area contributed by atoms with Gasteiger partial charge in [-0.2, -0.15) is 0 Å². The standard InChI is InChI=1S/C23H27N3O4/c1-29-20-5-3-18(4-6-20)26-12-10-25(11-13-26)15-19(27)16-30-21-7-8-22-17(14-21)2-9-23(28)24-22/h2-9,14,19,27H,10-13,15-16H2,1H3,(H,24,28)/t19-/m1/s1. The van der Waals surface area contributed by atoms with Crippen LogP contribution in [0.4, 0.5) is 5.69 Å². The van der Waals surface area contributed by atoms with E-state index in [2.05, 4.69) is 26.9 Å². The Balaban J connectivity index is 1.24. The van der Waals surface area contributed by atoms with Crippen molar-refractivity contribution < 1.29 is 14.6 Å². The molecule has 1 aliphatic heterocycles. The number of benzene rings is 2. The molecular weight excluding hydrogens is 382 g/mol. The van der Waals surface area contributed by atoms with Crippen molar-refractivity contribution in [1.29, 1.82) is 0 Å². The monoisotopic (exact) mass is 409 g/mol. The second-order valence-corrected chi connectivity index (χ2v) is 7.52. The number of nitrogens with zero attached hydrogens (tertiary/aromatic N) is 2. The summed E-state index contributed by atoms with van der Waals surface area (Å²) in [7, 11) is 1.67. The van der Waals surface area contributed by atoms with Gasteiger partial charge in [0.25, 0.3) is 0 Å². The van der Waals surface area contributed by atoms with Crippen molar-refractivity contribution in [3.05, 3.63) is 65.0 Å². The van der Waals surface area contributed by atoms with Crippen LogP contribution < -0.4 is 19.9 Å². The van der Waals surface area contributed by atoms with Crippen molar-refractivity contribution in [2.24, 2.45) is 0 Å². The SMILES string of the molecule is COc1ccc(N2CCN(C[C@@H](O)COc3ccc4[nH]c(=O)ccc4c3)CC2)cc1. The highest BCUT2D eigenvalue weighted by atomic mass is 16.5. The maximum Gasteiger partial charge on any atom is 0.248 e. The van der Waals surface area contributed by atoms with E-state index in [0.29, 0.717) is 12.3 Å². The number of aliphatic hydroxyl groups is 1. The first-order valence-corrected chi connectivity index (χ1v) is 10.2. The first kappa shape index (κ1) is 20.3. The molecule has 0 unspecified atom stereocenters. The molecule has 0 amide bonds. The molecule has 1 aliphatic rings. The number of aromatic amines is 1. The van der Waals surface area contributed by atoms with Crippen LogP contribution in [0.5, 0.6) is 11.5 Å². The second-order valence-electron chi connectivity index (χ2n) is 7.52. The zero-order valence-electron chi connectivity index (χ0n) is 17.1. The molecule has 1 aromatic heterocycles. The van der Waals surface area contributed by atoms with Crippen LogP contribution in [0.2, 0.25) is 0 Å². The molecule has 0 saturated carbocycles. The van der Waals surface area contributed by atoms with Crippen LogP contribution >= 0.6 is 0 Å². The van der Waals surface area contributed by atoms with Gasteiger partial charge in [0, 0.05) is 55.4 Å². The zero-order chi connectivity index (χ0) is 20.9. The molecule has 7 nitrogen and oxygen atoms in total. The minimum absolute atomic E-state index is 0.126. The number of anilines is 1. The number of rotatable bonds is 7. The van der Waals surface area contributed by atoms with Crippen LogP contribution in [0.15, 0.2) is 59.4 Å². The second kappa shape index (κ2) is 9.19. The van der Waals surface area contributed by atoms with E-state index in [4.69, 9.17) is 9.47 Å². The quantitative estimate of drug-likeness (QED) is 0.622. The van der Waals surface area contributed by atoms with E-state index >= 15 is 0 Å². The third kappa shape index (κ3) is 4.93. The first-order chi connectivity index (χ1) is 14.6. The highest BCUT2D eigenvalue weighted by Crippen LogP contribution is 2.21. The third-order valence-corrected chi connectivity index (χ3v) is 5.42. The van der Waals surface area contributed by atoms with E-state index in [1.54, 1.807) is 19.2 Å². The summed E-state index contributed by atoms with van der Waals surface area (Å²) in [6.07, 6.45) is -0.566. The number of pyridine rings is 1. The Hall–Kier alpha value is -3.03. The normalized spacial score (nSPS) is 15.9. The number of aromatic nitrogens is 1. The van der Waals surface area contributed by atoms with Gasteiger partial charge in [-0.05, 0) is 48.5 Å². The van der Waals surface area contributed by atoms with Crippen LogP contribution in [0, 0.1) is 0 Å². The van der Waals surface area contributed by atoms with Crippen LogP contribution in [0.25, 0.3) is 10.9 Å². The average molecular weight is 409 g/mol. The van der Waals surface area contributed by atoms with Crippen molar-refractivity contribution in [3.8, 4) is 11.5 Å². The largest absolute Gasteiger partial charge is 0.497 e. The molecule has 2 heterocycles. The van der Waals surface area contributed by atoms with Crippen molar-refractivity contribution >= 4 is 16.6 Å². The Morgan fingerprint density at radius 2 is 1.73 bits per heavy atom. The van der Waals surface area contributed by atoms with E-state index in [1.807, 2.05) is 24.3 Å². The summed E-state index contributed by atoms with van der Waals surface area (Å²) < 4.78 is 11.0. The van der Waals surface area contributed by atoms with Gasteiger partial charge < -0.3 is 24.5 Å². The van der Waals surface area contributed by atoms with Crippen LogP contribution in [-0.2, 0) is 0 Å². The van der Waals surface area contributed by atoms with Crippen molar-refractivity contribution in [2.75, 3.05) is 51.3 Å². The number of fused-ring (bicyclic) bond motifs is 1. The molecule has 30 heavy (non-hydrogen) atoms. The average Bonchev–Trinajstić information content (AvgIpc) is 2.78. The minimum Gasteiger partial charge on any atom is -0.497 e. The maximum absolute atomic E-state index is 11.4. The molecule has 7 heteroatoms. The highest BCUT2D eigenvalue weighted by molar-refractivity contribution is 5.79. The molecule has 2 N–H and O–H groups in total. The lowest BCUT2D eigenvalue weighted by Gasteiger charge is -2.36. The molecular formula is C23H27N3O4. The number of hydrogen-bond acceptors (Lipinski definition) is 6. The van der Waals surface area contributed by atoms with Gasteiger partial charge in [0.2, 0.25) is 5.56 Å². The number of methoxy groups -OCH3 is 1. The number of hydrogen-bond donors (Lipinski definition) is 2. The number of H-pyrrole nitrogens is 1. The summed E-state index contributed by atoms with van der Waals surface area (Å²) in [5, 5.41) is 11.3. The van der Waals surface area contributed by atoms with Gasteiger partial charge in [-0.3, -0.25) is 9.69 Å². The molecule has 0 bridgehead atoms. The van der Waals surface area contributed by atoms with E-state index in [-0.39, 0.29) is 12.2 Å². The van der Waals surface area contributed by atoms with Crippen LogP contribution in [0.1, 0.15) is 0 Å². The Morgan fingerprint density at radius 1 is 1.00 bits per heavy atom. The van der Waals surface area contributed by atoms with Crippen LogP contribution in [-0.4, -0.2) is 67.5 Å². The lowest BCUT2D eigenvalue weighted by molar-refractivity contribution is 0.0663. The zero-order valence-corrected chi connectivity index (χ0v) is 17.1. The summed E-state index contributed by atoms with van der Waals surface area (Å²) in [5.41, 5.74) is 1.83. The summed E-state index contributed by atoms with van der Waals surface area (Å²) in [5.74, 6) is 1.54. The Bertz CT molecular complexity index is 1030. The fourth-order valence-corrected chi connectivity index (χ4v) is 3.75. The van der Waals surface area contributed by atoms with Gasteiger partial charge in [0.15, 0.2) is 0 Å². The number of nitrogens with one attached hydrogen (secondary N) is 1. The van der Waals surface area contributed by atoms with Crippen molar-refractivity contribution in [2.45, 2.75) is 6.10 Å². The predicted molar refractivity (Wildman–Crippen MR) is 118 cm³/mol. The maximum atomic E-state index is 11.4. The molecule has 1 fully saturated rings. The Kier molecular flexibility index (Phi) is 6.21. The molecule has 1 saturated heterocycles. The lowest BCUT2D eigenvalue weighted by atomic mass is 10.2. The van der Waals surface area contributed by atoms with Crippen LogP contribution in [0.3, 0.4) is 0 Å². The molecule has 0 radical (unpaired) electrons. The topological polar surface area (TPSA) is 78.0 Å². The fraction of sp³-hybridized carbons (Fsp3) is 0.348. The Labute approximate surface area is 175 Å². The van der Waals surface area contributed by atoms with E-state index in [1.165, 1.54) is 11.8 Å². The van der Waals surface area contributed by atoms with Gasteiger partial charge >= 0.3 is 0 Å². The van der Waals surface area contributed by atoms with Gasteiger partial charge in [-0.25, -0.2) is 0 Å². The Morgan fingerprint density at radius 3 is 2.47 bits per heavy atom. The van der Waals surface area contributed by atoms with Gasteiger partial charge in [0.1, 0.15) is 24.2 Å². The molecule has 1 atom stereocenters. The number of piperazine rings is 1. The predicted octanol–water partition coefficient (Wildman–Crippen LogP) is 2.10. The number of aliphatic hydroxyl groups excluding tert-OH is 1. The van der Waals surface area contributed by atoms with Gasteiger partial charge in [0.05, 0.1) is 7.11 Å². The molecule has 2 aromatic carbocycles. The van der Waals surface area contributed by atoms with Crippen molar-refractivity contribution in [3.63, 3.8) is 0 Å². The molecule has 3 aromatic rings. The van der Waals surface area contributed by atoms with Gasteiger partial charge in [-0.1, -0.05) is 0 Å². The first-order valence-electron chi connectivity index (χ1n) is 10.2. The van der Waals surface area contributed by atoms with E-state index < -0.39 is 6.10 Å². The molecule has 158 valence electrons. The third-order valence-electron chi connectivity index (χ3n) is 5.42. The summed E-state index contributed by atoms with van der Waals surface area (Å²) in [4.78, 5) is 18.8. The van der Waals surface area contributed by atoms with E-state index in [0.717, 1.165) is 42.8 Å². The summed E-state index contributed by atoms with van der Waals surface area (Å²) in [6.45, 7) is 4.44. The fourth-order valence-electron chi connectivity index (χ4n) is 3.75. The minimum atomic E-state index is -0.566. The lowest BCUT2D eigenvalue weighted by Crippen LogP contribution is -2.49. The number of ether oxygens (including phenoxy) is 2. The smallest absolute Gasteiger partial charge is 0.248 e. The van der Waals surface area contributed by atoms with Gasteiger partial charge in [-0.15, -0.1) is 0 Å². The number of β-amino-alcohol motifs (C(OH)–C–C–N with tert-alkyl or cyclic N) is 1. The summed E-state index contributed by atoms with van der Waals surface area (Å²) >= 11 is 0.